The molecule has 0 aliphatic carbocycles. The Hall–Kier alpha value is -0.780. The molecule has 40 heavy (non-hydrogen) atoms. The predicted molar refractivity (Wildman–Crippen MR) is 186 cm³/mol. The molecule has 0 aliphatic rings. The highest BCUT2D eigenvalue weighted by Crippen LogP contribution is 2.16. The molecule has 0 N–H and O–H groups in total. The average molecular weight is 557 g/mol. The van der Waals surface area contributed by atoms with Crippen molar-refractivity contribution in [1.29, 1.82) is 0 Å². The van der Waals surface area contributed by atoms with Crippen molar-refractivity contribution in [3.63, 3.8) is 0 Å². The first kappa shape index (κ1) is 39.2. The summed E-state index contributed by atoms with van der Waals surface area (Å²) in [7, 11) is 0. The first-order valence-corrected chi connectivity index (χ1v) is 18.7. The third-order valence-corrected chi connectivity index (χ3v) is 8.39. The molecule has 0 rings (SSSR count). The topological polar surface area (TPSA) is 0 Å². The lowest BCUT2D eigenvalue weighted by Crippen LogP contribution is -1.84. The van der Waals surface area contributed by atoms with Crippen LogP contribution in [0, 0.1) is 5.92 Å². The summed E-state index contributed by atoms with van der Waals surface area (Å²) in [6.45, 7) is 9.23. The Morgan fingerprint density at radius 1 is 0.400 bits per heavy atom. The zero-order valence-corrected chi connectivity index (χ0v) is 28.5. The van der Waals surface area contributed by atoms with Crippen LogP contribution in [-0.4, -0.2) is 0 Å². The van der Waals surface area contributed by atoms with E-state index in [1.165, 1.54) is 192 Å². The number of allylic oxidation sites excluding steroid dienone is 6. The van der Waals surface area contributed by atoms with Crippen LogP contribution < -0.4 is 0 Å². The second-order valence-electron chi connectivity index (χ2n) is 13.2. The lowest BCUT2D eigenvalue weighted by Gasteiger charge is -2.03. The summed E-state index contributed by atoms with van der Waals surface area (Å²) in [5, 5.41) is 0. The van der Waals surface area contributed by atoms with E-state index in [4.69, 9.17) is 0 Å². The molecular weight excluding hydrogens is 480 g/mol. The van der Waals surface area contributed by atoms with Crippen molar-refractivity contribution in [3.05, 3.63) is 36.0 Å². The normalized spacial score (nSPS) is 12.6. The fourth-order valence-electron chi connectivity index (χ4n) is 5.60. The zero-order valence-electron chi connectivity index (χ0n) is 28.5. The standard InChI is InChI=1S/C40H76/c1-5-7-9-11-13-15-17-19-20-21-23-25-27-29-31-33-37-40(38-34-35-39(3)4)36-32-30-28-26-24-22-18-16-14-12-10-8-6-2/h33-34,36-39H,5-32,35H2,1-4H3. The molecule has 0 saturated carbocycles. The van der Waals surface area contributed by atoms with Gasteiger partial charge in [0.25, 0.3) is 0 Å². The molecule has 0 heteroatoms. The van der Waals surface area contributed by atoms with Crippen LogP contribution in [0.1, 0.15) is 214 Å². The fourth-order valence-corrected chi connectivity index (χ4v) is 5.60. The minimum Gasteiger partial charge on any atom is -0.0840 e. The summed E-state index contributed by atoms with van der Waals surface area (Å²) in [6, 6.07) is 0. The number of rotatable bonds is 32. The van der Waals surface area contributed by atoms with Crippen molar-refractivity contribution in [1.82, 2.24) is 0 Å². The van der Waals surface area contributed by atoms with E-state index in [2.05, 4.69) is 58.1 Å². The van der Waals surface area contributed by atoms with Gasteiger partial charge in [-0.2, -0.15) is 0 Å². The zero-order chi connectivity index (χ0) is 29.2. The Morgan fingerprint density at radius 3 is 1.10 bits per heavy atom. The summed E-state index contributed by atoms with van der Waals surface area (Å²) in [6.07, 6.45) is 53.1. The monoisotopic (exact) mass is 557 g/mol. The first-order chi connectivity index (χ1) is 19.7. The molecule has 0 aromatic rings. The van der Waals surface area contributed by atoms with Gasteiger partial charge in [-0.25, -0.2) is 0 Å². The van der Waals surface area contributed by atoms with Crippen LogP contribution >= 0.6 is 0 Å². The Labute approximate surface area is 255 Å². The van der Waals surface area contributed by atoms with Crippen LogP contribution in [0.3, 0.4) is 0 Å². The molecule has 0 amide bonds. The Bertz CT molecular complexity index is 548. The highest BCUT2D eigenvalue weighted by atomic mass is 14.0. The molecule has 0 atom stereocenters. The number of hydrogen-bond acceptors (Lipinski definition) is 0. The second-order valence-corrected chi connectivity index (χ2v) is 13.2. The molecule has 0 spiro atoms. The van der Waals surface area contributed by atoms with Crippen molar-refractivity contribution in [2.75, 3.05) is 0 Å². The van der Waals surface area contributed by atoms with E-state index in [9.17, 15) is 0 Å². The quantitative estimate of drug-likeness (QED) is 0.0571. The Morgan fingerprint density at radius 2 is 0.725 bits per heavy atom. The van der Waals surface area contributed by atoms with Gasteiger partial charge < -0.3 is 0 Å². The van der Waals surface area contributed by atoms with Crippen LogP contribution in [0.2, 0.25) is 0 Å². The molecule has 0 aromatic carbocycles. The van der Waals surface area contributed by atoms with E-state index in [-0.39, 0.29) is 0 Å². The molecule has 236 valence electrons. The van der Waals surface area contributed by atoms with Crippen molar-refractivity contribution in [3.8, 4) is 0 Å². The van der Waals surface area contributed by atoms with Gasteiger partial charge in [0.2, 0.25) is 0 Å². The molecule has 0 unspecified atom stereocenters. The molecule has 0 radical (unpaired) electrons. The van der Waals surface area contributed by atoms with Crippen molar-refractivity contribution in [2.45, 2.75) is 214 Å². The number of hydrogen-bond donors (Lipinski definition) is 0. The molecule has 0 nitrogen and oxygen atoms in total. The molecule has 0 heterocycles. The van der Waals surface area contributed by atoms with Crippen LogP contribution in [0.4, 0.5) is 0 Å². The molecular formula is C40H76. The van der Waals surface area contributed by atoms with Gasteiger partial charge in [0.05, 0.1) is 0 Å². The van der Waals surface area contributed by atoms with Crippen molar-refractivity contribution >= 4 is 0 Å². The Balaban J connectivity index is 3.85. The lowest BCUT2D eigenvalue weighted by atomic mass is 10.0. The molecule has 0 aromatic heterocycles. The molecule has 0 fully saturated rings. The average Bonchev–Trinajstić information content (AvgIpc) is 2.94. The van der Waals surface area contributed by atoms with E-state index < -0.39 is 0 Å². The summed E-state index contributed by atoms with van der Waals surface area (Å²) >= 11 is 0. The van der Waals surface area contributed by atoms with E-state index in [1.54, 1.807) is 0 Å². The Kier molecular flexibility index (Phi) is 33.8. The third kappa shape index (κ3) is 33.4. The largest absolute Gasteiger partial charge is 0.0840 e. The van der Waals surface area contributed by atoms with E-state index in [1.807, 2.05) is 0 Å². The SMILES string of the molecule is CCCCCCCCCCCCCCC=C(C=CCCCCCCCCCCCCCCCC)C=CCC(C)C. The van der Waals surface area contributed by atoms with Crippen LogP contribution in [-0.2, 0) is 0 Å². The molecule has 0 saturated heterocycles. The highest BCUT2D eigenvalue weighted by molar-refractivity contribution is 5.30. The lowest BCUT2D eigenvalue weighted by molar-refractivity contribution is 0.536. The van der Waals surface area contributed by atoms with Gasteiger partial charge in [-0.1, -0.05) is 212 Å². The summed E-state index contributed by atoms with van der Waals surface area (Å²) < 4.78 is 0. The minimum absolute atomic E-state index is 0.744. The van der Waals surface area contributed by atoms with Gasteiger partial charge in [0.1, 0.15) is 0 Å². The van der Waals surface area contributed by atoms with Gasteiger partial charge in [0.15, 0.2) is 0 Å². The summed E-state index contributed by atoms with van der Waals surface area (Å²) in [5.41, 5.74) is 1.44. The number of unbranched alkanes of at least 4 members (excludes halogenated alkanes) is 26. The van der Waals surface area contributed by atoms with Gasteiger partial charge in [0, 0.05) is 0 Å². The first-order valence-electron chi connectivity index (χ1n) is 18.7. The maximum absolute atomic E-state index is 2.49. The fraction of sp³-hybridized carbons (Fsp3) is 0.850. The third-order valence-electron chi connectivity index (χ3n) is 8.39. The summed E-state index contributed by atoms with van der Waals surface area (Å²) in [4.78, 5) is 0. The maximum atomic E-state index is 2.49. The van der Waals surface area contributed by atoms with E-state index in [0.29, 0.717) is 0 Å². The summed E-state index contributed by atoms with van der Waals surface area (Å²) in [5.74, 6) is 0.744. The smallest absolute Gasteiger partial charge is 0.0303 e. The minimum atomic E-state index is 0.744. The van der Waals surface area contributed by atoms with Crippen LogP contribution in [0.15, 0.2) is 36.0 Å². The van der Waals surface area contributed by atoms with Crippen LogP contribution in [0.25, 0.3) is 0 Å². The van der Waals surface area contributed by atoms with E-state index >= 15 is 0 Å². The second kappa shape index (κ2) is 34.4. The van der Waals surface area contributed by atoms with Gasteiger partial charge in [-0.15, -0.1) is 0 Å². The predicted octanol–water partition coefficient (Wildman–Crippen LogP) is 15.0. The van der Waals surface area contributed by atoms with Crippen molar-refractivity contribution in [2.24, 2.45) is 5.92 Å². The van der Waals surface area contributed by atoms with Gasteiger partial charge in [-0.3, -0.25) is 0 Å². The molecule has 0 bridgehead atoms. The van der Waals surface area contributed by atoms with E-state index in [0.717, 1.165) is 5.92 Å². The van der Waals surface area contributed by atoms with Gasteiger partial charge in [-0.05, 0) is 43.6 Å². The van der Waals surface area contributed by atoms with Gasteiger partial charge >= 0.3 is 0 Å². The van der Waals surface area contributed by atoms with Crippen molar-refractivity contribution < 1.29 is 0 Å². The molecule has 0 aliphatic heterocycles. The maximum Gasteiger partial charge on any atom is -0.0303 e. The van der Waals surface area contributed by atoms with Crippen LogP contribution in [0.5, 0.6) is 0 Å². The highest BCUT2D eigenvalue weighted by Gasteiger charge is 1.96.